The van der Waals surface area contributed by atoms with Gasteiger partial charge in [0.25, 0.3) is 5.91 Å². The number of carbonyl (C=O) groups is 1. The molecule has 1 aromatic carbocycles. The van der Waals surface area contributed by atoms with Crippen molar-refractivity contribution in [2.24, 2.45) is 0 Å². The lowest BCUT2D eigenvalue weighted by Crippen LogP contribution is -2.25. The van der Waals surface area contributed by atoms with Crippen LogP contribution in [0.4, 0.5) is 0 Å². The number of nitrogens with zero attached hydrogens (tertiary/aromatic N) is 2. The van der Waals surface area contributed by atoms with Gasteiger partial charge in [0.1, 0.15) is 6.07 Å². The molecule has 108 valence electrons. The first-order valence-electron chi connectivity index (χ1n) is 6.96. The Morgan fingerprint density at radius 3 is 3.05 bits per heavy atom. The van der Waals surface area contributed by atoms with Crippen LogP contribution >= 0.6 is 0 Å². The number of rotatable bonds is 4. The molecule has 3 rings (SSSR count). The highest BCUT2D eigenvalue weighted by molar-refractivity contribution is 5.94. The maximum Gasteiger partial charge on any atom is 0.252 e. The van der Waals surface area contributed by atoms with Crippen LogP contribution in [0, 0.1) is 11.3 Å². The molecule has 2 aromatic heterocycles. The summed E-state index contributed by atoms with van der Waals surface area (Å²) in [6.45, 7) is 0.525. The molecule has 0 unspecified atom stereocenters. The van der Waals surface area contributed by atoms with Gasteiger partial charge in [0.05, 0.1) is 11.1 Å². The fourth-order valence-electron chi connectivity index (χ4n) is 2.38. The third-order valence-corrected chi connectivity index (χ3v) is 3.48. The molecule has 0 aliphatic heterocycles. The van der Waals surface area contributed by atoms with Crippen LogP contribution in [0.5, 0.6) is 0 Å². The number of benzene rings is 1. The number of amides is 1. The summed E-state index contributed by atoms with van der Waals surface area (Å²) >= 11 is 0. The van der Waals surface area contributed by atoms with Crippen molar-refractivity contribution in [2.45, 2.75) is 6.42 Å². The lowest BCUT2D eigenvalue weighted by Gasteiger charge is -2.04. The summed E-state index contributed by atoms with van der Waals surface area (Å²) < 4.78 is 0. The van der Waals surface area contributed by atoms with Gasteiger partial charge in [0.15, 0.2) is 0 Å². The van der Waals surface area contributed by atoms with E-state index in [9.17, 15) is 4.79 Å². The van der Waals surface area contributed by atoms with E-state index in [0.717, 1.165) is 11.9 Å². The molecule has 0 saturated heterocycles. The van der Waals surface area contributed by atoms with E-state index in [1.807, 2.05) is 30.5 Å². The molecule has 0 aliphatic carbocycles. The Labute approximate surface area is 127 Å². The zero-order valence-corrected chi connectivity index (χ0v) is 11.8. The molecule has 0 spiro atoms. The molecule has 0 atom stereocenters. The van der Waals surface area contributed by atoms with Crippen molar-refractivity contribution < 1.29 is 4.79 Å². The summed E-state index contributed by atoms with van der Waals surface area (Å²) in [6.07, 6.45) is 5.60. The first-order valence-corrected chi connectivity index (χ1v) is 6.96. The fourth-order valence-corrected chi connectivity index (χ4v) is 2.38. The molecule has 2 N–H and O–H groups in total. The number of hydrogen-bond donors (Lipinski definition) is 2. The molecule has 5 heteroatoms. The molecular formula is C17H14N4O. The lowest BCUT2D eigenvalue weighted by molar-refractivity contribution is 0.0954. The second kappa shape index (κ2) is 6.10. The van der Waals surface area contributed by atoms with Crippen LogP contribution in [0.2, 0.25) is 0 Å². The topological polar surface area (TPSA) is 81.6 Å². The summed E-state index contributed by atoms with van der Waals surface area (Å²) in [5.41, 5.74) is 3.04. The highest BCUT2D eigenvalue weighted by Gasteiger charge is 2.07. The standard InChI is InChI=1S/C17H14N4O/c18-8-12-7-14(10-19-9-12)17(22)20-6-5-13-11-21-16-4-2-1-3-15(13)16/h1-4,7,9-11,21H,5-6H2,(H,20,22). The zero-order chi connectivity index (χ0) is 15.4. The SMILES string of the molecule is N#Cc1cncc(C(=O)NCCc2c[nH]c3ccccc23)c1. The Morgan fingerprint density at radius 2 is 2.18 bits per heavy atom. The Kier molecular flexibility index (Phi) is 3.84. The van der Waals surface area contributed by atoms with Gasteiger partial charge in [-0.2, -0.15) is 5.26 Å². The van der Waals surface area contributed by atoms with E-state index in [-0.39, 0.29) is 5.91 Å². The molecule has 22 heavy (non-hydrogen) atoms. The van der Waals surface area contributed by atoms with Crippen molar-refractivity contribution in [3.63, 3.8) is 0 Å². The average Bonchev–Trinajstić information content (AvgIpc) is 2.98. The van der Waals surface area contributed by atoms with Gasteiger partial charge in [0, 0.05) is 36.0 Å². The molecule has 2 heterocycles. The van der Waals surface area contributed by atoms with Crippen LogP contribution in [-0.2, 0) is 6.42 Å². The first kappa shape index (κ1) is 13.8. The minimum atomic E-state index is -0.218. The number of hydrogen-bond acceptors (Lipinski definition) is 3. The van der Waals surface area contributed by atoms with Crippen LogP contribution in [0.3, 0.4) is 0 Å². The first-order chi connectivity index (χ1) is 10.8. The quantitative estimate of drug-likeness (QED) is 0.774. The monoisotopic (exact) mass is 290 g/mol. The maximum absolute atomic E-state index is 12.0. The van der Waals surface area contributed by atoms with Crippen LogP contribution in [0.25, 0.3) is 10.9 Å². The van der Waals surface area contributed by atoms with Crippen molar-refractivity contribution in [3.05, 3.63) is 65.6 Å². The lowest BCUT2D eigenvalue weighted by atomic mass is 10.1. The van der Waals surface area contributed by atoms with Gasteiger partial charge in [-0.25, -0.2) is 0 Å². The van der Waals surface area contributed by atoms with E-state index in [0.29, 0.717) is 17.7 Å². The Morgan fingerprint density at radius 1 is 1.32 bits per heavy atom. The van der Waals surface area contributed by atoms with E-state index < -0.39 is 0 Å². The molecule has 0 aliphatic rings. The number of H-pyrrole nitrogens is 1. The maximum atomic E-state index is 12.0. The van der Waals surface area contributed by atoms with E-state index in [1.165, 1.54) is 29.4 Å². The fraction of sp³-hybridized carbons (Fsp3) is 0.118. The van der Waals surface area contributed by atoms with Gasteiger partial charge in [-0.05, 0) is 24.1 Å². The summed E-state index contributed by atoms with van der Waals surface area (Å²) in [7, 11) is 0. The van der Waals surface area contributed by atoms with E-state index in [4.69, 9.17) is 5.26 Å². The van der Waals surface area contributed by atoms with Gasteiger partial charge >= 0.3 is 0 Å². The molecule has 0 bridgehead atoms. The predicted molar refractivity (Wildman–Crippen MR) is 83.3 cm³/mol. The smallest absolute Gasteiger partial charge is 0.252 e. The van der Waals surface area contributed by atoms with Gasteiger partial charge in [-0.1, -0.05) is 18.2 Å². The van der Waals surface area contributed by atoms with Crippen LogP contribution < -0.4 is 5.32 Å². The van der Waals surface area contributed by atoms with Crippen LogP contribution in [-0.4, -0.2) is 22.4 Å². The minimum absolute atomic E-state index is 0.218. The minimum Gasteiger partial charge on any atom is -0.361 e. The molecular weight excluding hydrogens is 276 g/mol. The number of aromatic amines is 1. The molecule has 1 amide bonds. The van der Waals surface area contributed by atoms with Crippen molar-refractivity contribution in [2.75, 3.05) is 6.54 Å². The van der Waals surface area contributed by atoms with Gasteiger partial charge < -0.3 is 10.3 Å². The van der Waals surface area contributed by atoms with Crippen molar-refractivity contribution in [1.82, 2.24) is 15.3 Å². The molecule has 0 radical (unpaired) electrons. The Hall–Kier alpha value is -3.13. The molecule has 0 fully saturated rings. The third-order valence-electron chi connectivity index (χ3n) is 3.48. The third kappa shape index (κ3) is 2.81. The second-order valence-corrected chi connectivity index (χ2v) is 4.94. The summed E-state index contributed by atoms with van der Waals surface area (Å²) in [5.74, 6) is -0.218. The molecule has 0 saturated carbocycles. The molecule has 5 nitrogen and oxygen atoms in total. The number of nitrogens with one attached hydrogen (secondary N) is 2. The largest absolute Gasteiger partial charge is 0.361 e. The predicted octanol–water partition coefficient (Wildman–Crippen LogP) is 2.41. The zero-order valence-electron chi connectivity index (χ0n) is 11.8. The summed E-state index contributed by atoms with van der Waals surface area (Å²) in [4.78, 5) is 19.1. The average molecular weight is 290 g/mol. The summed E-state index contributed by atoms with van der Waals surface area (Å²) in [6, 6.07) is 11.6. The molecule has 3 aromatic rings. The van der Waals surface area contributed by atoms with Crippen molar-refractivity contribution in [3.8, 4) is 6.07 Å². The van der Waals surface area contributed by atoms with E-state index >= 15 is 0 Å². The van der Waals surface area contributed by atoms with Crippen molar-refractivity contribution in [1.29, 1.82) is 5.26 Å². The Bertz CT molecular complexity index is 860. The number of pyridine rings is 1. The number of nitriles is 1. The normalized spacial score (nSPS) is 10.3. The highest BCUT2D eigenvalue weighted by atomic mass is 16.1. The van der Waals surface area contributed by atoms with Crippen LogP contribution in [0.1, 0.15) is 21.5 Å². The van der Waals surface area contributed by atoms with Gasteiger partial charge in [0.2, 0.25) is 0 Å². The van der Waals surface area contributed by atoms with Gasteiger partial charge in [-0.15, -0.1) is 0 Å². The Balaban J connectivity index is 1.63. The number of para-hydroxylation sites is 1. The highest BCUT2D eigenvalue weighted by Crippen LogP contribution is 2.17. The summed E-state index contributed by atoms with van der Waals surface area (Å²) in [5, 5.41) is 12.8. The van der Waals surface area contributed by atoms with E-state index in [2.05, 4.69) is 21.4 Å². The van der Waals surface area contributed by atoms with Gasteiger partial charge in [-0.3, -0.25) is 9.78 Å². The van der Waals surface area contributed by atoms with E-state index in [1.54, 1.807) is 0 Å². The number of fused-ring (bicyclic) bond motifs is 1. The number of aromatic nitrogens is 2. The van der Waals surface area contributed by atoms with Crippen molar-refractivity contribution >= 4 is 16.8 Å². The van der Waals surface area contributed by atoms with Crippen LogP contribution in [0.15, 0.2) is 48.9 Å². The number of carbonyl (C=O) groups excluding carboxylic acids is 1. The second-order valence-electron chi connectivity index (χ2n) is 4.94.